The summed E-state index contributed by atoms with van der Waals surface area (Å²) in [7, 11) is 0. The monoisotopic (exact) mass is 376 g/mol. The van der Waals surface area contributed by atoms with Gasteiger partial charge >= 0.3 is 0 Å². The summed E-state index contributed by atoms with van der Waals surface area (Å²) in [5.41, 5.74) is 0.425. The van der Waals surface area contributed by atoms with E-state index in [1.54, 1.807) is 0 Å². The van der Waals surface area contributed by atoms with Crippen LogP contribution in [0.5, 0.6) is 0 Å². The molecule has 0 amide bonds. The van der Waals surface area contributed by atoms with E-state index in [-0.39, 0.29) is 35.7 Å². The highest BCUT2D eigenvalue weighted by molar-refractivity contribution is 6.02. The molecule has 5 heteroatoms. The predicted molar refractivity (Wildman–Crippen MR) is 101 cm³/mol. The Kier molecular flexibility index (Phi) is 4.47. The number of epoxide rings is 1. The van der Waals surface area contributed by atoms with Gasteiger partial charge < -0.3 is 20.1 Å². The first-order chi connectivity index (χ1) is 12.7. The van der Waals surface area contributed by atoms with E-state index < -0.39 is 17.8 Å². The maximum absolute atomic E-state index is 12.8. The van der Waals surface area contributed by atoms with Crippen molar-refractivity contribution in [3.8, 4) is 0 Å². The summed E-state index contributed by atoms with van der Waals surface area (Å²) in [5.74, 6) is 0.383. The number of allylic oxidation sites excluding steroid dienone is 1. The molecular weight excluding hydrogens is 344 g/mol. The van der Waals surface area contributed by atoms with Gasteiger partial charge in [0.25, 0.3) is 0 Å². The number of carbonyl (C=O) groups excluding carboxylic acids is 1. The number of hydrogen-bond donors (Lipinski definition) is 3. The average molecular weight is 376 g/mol. The number of ketones is 1. The highest BCUT2D eigenvalue weighted by Gasteiger charge is 2.69. The first-order valence-corrected chi connectivity index (χ1v) is 10.2. The Morgan fingerprint density at radius 3 is 2.70 bits per heavy atom. The molecule has 1 heterocycles. The third-order valence-corrected chi connectivity index (χ3v) is 8.33. The molecule has 150 valence electrons. The minimum Gasteiger partial charge on any atom is -0.396 e. The van der Waals surface area contributed by atoms with Crippen molar-refractivity contribution < 1.29 is 24.9 Å². The Labute approximate surface area is 161 Å². The van der Waals surface area contributed by atoms with Crippen molar-refractivity contribution in [1.29, 1.82) is 0 Å². The molecule has 5 nitrogen and oxygen atoms in total. The summed E-state index contributed by atoms with van der Waals surface area (Å²) in [6.45, 7) is 8.71. The molecule has 4 rings (SSSR count). The molecule has 2 saturated carbocycles. The van der Waals surface area contributed by atoms with Crippen LogP contribution in [-0.4, -0.2) is 52.1 Å². The molecule has 0 aromatic carbocycles. The summed E-state index contributed by atoms with van der Waals surface area (Å²) in [6, 6.07) is 0. The van der Waals surface area contributed by atoms with E-state index in [0.717, 1.165) is 32.1 Å². The molecule has 3 fully saturated rings. The van der Waals surface area contributed by atoms with Gasteiger partial charge in [-0.3, -0.25) is 4.79 Å². The summed E-state index contributed by atoms with van der Waals surface area (Å²) >= 11 is 0. The highest BCUT2D eigenvalue weighted by Crippen LogP contribution is 2.64. The first-order valence-electron chi connectivity index (χ1n) is 10.2. The number of aliphatic hydroxyl groups excluding tert-OH is 3. The second-order valence-electron chi connectivity index (χ2n) is 9.79. The number of hydrogen-bond acceptors (Lipinski definition) is 5. The lowest BCUT2D eigenvalue weighted by molar-refractivity contribution is -0.123. The molecule has 7 atom stereocenters. The second kappa shape index (κ2) is 6.24. The molecular formula is C22H32O5. The summed E-state index contributed by atoms with van der Waals surface area (Å²) in [6.07, 6.45) is 5.55. The van der Waals surface area contributed by atoms with Crippen molar-refractivity contribution >= 4 is 5.78 Å². The van der Waals surface area contributed by atoms with Crippen molar-refractivity contribution in [3.63, 3.8) is 0 Å². The maximum atomic E-state index is 12.8. The van der Waals surface area contributed by atoms with Crippen LogP contribution in [0.2, 0.25) is 0 Å². The largest absolute Gasteiger partial charge is 0.396 e. The van der Waals surface area contributed by atoms with Crippen LogP contribution in [0, 0.1) is 22.7 Å². The van der Waals surface area contributed by atoms with Crippen LogP contribution in [0.4, 0.5) is 0 Å². The van der Waals surface area contributed by atoms with Crippen molar-refractivity contribution in [3.05, 3.63) is 23.8 Å². The number of carbonyl (C=O) groups is 1. The zero-order valence-corrected chi connectivity index (χ0v) is 16.4. The topological polar surface area (TPSA) is 90.3 Å². The van der Waals surface area contributed by atoms with Gasteiger partial charge in [-0.25, -0.2) is 0 Å². The number of ether oxygens (including phenoxy) is 1. The van der Waals surface area contributed by atoms with E-state index in [1.165, 1.54) is 11.6 Å². The number of aliphatic hydroxyl groups is 3. The number of rotatable bonds is 4. The standard InChI is InChI=1S/C22H32O5/c1-13-5-6-16-20(2,12-24)7-4-8-21(16,3)15(13)10-22-17(25)9-14(11-23)18(26)19(22)27-22/h9,15-16,18-19,23-24,26H,1,4-8,10-12H2,2-3H3/t15-,16?,18+,19-,20-,21+,22+/m0/s1. The Morgan fingerprint density at radius 2 is 2.04 bits per heavy atom. The molecule has 3 aliphatic carbocycles. The quantitative estimate of drug-likeness (QED) is 0.517. The van der Waals surface area contributed by atoms with Crippen LogP contribution in [0.1, 0.15) is 52.4 Å². The zero-order chi connectivity index (χ0) is 19.6. The lowest BCUT2D eigenvalue weighted by atomic mass is 9.46. The van der Waals surface area contributed by atoms with Crippen LogP contribution < -0.4 is 0 Å². The minimum atomic E-state index is -0.969. The van der Waals surface area contributed by atoms with Gasteiger partial charge in [0.2, 0.25) is 0 Å². The fraction of sp³-hybridized carbons (Fsp3) is 0.773. The van der Waals surface area contributed by atoms with Crippen LogP contribution in [-0.2, 0) is 9.53 Å². The molecule has 1 aliphatic heterocycles. The van der Waals surface area contributed by atoms with Crippen molar-refractivity contribution in [1.82, 2.24) is 0 Å². The molecule has 1 unspecified atom stereocenters. The fourth-order valence-corrected chi connectivity index (χ4v) is 6.64. The number of fused-ring (bicyclic) bond motifs is 2. The van der Waals surface area contributed by atoms with Gasteiger partial charge in [0.1, 0.15) is 12.2 Å². The van der Waals surface area contributed by atoms with Gasteiger partial charge in [-0.05, 0) is 66.4 Å². The van der Waals surface area contributed by atoms with E-state index >= 15 is 0 Å². The predicted octanol–water partition coefficient (Wildman–Crippen LogP) is 2.15. The van der Waals surface area contributed by atoms with E-state index in [4.69, 9.17) is 4.74 Å². The van der Waals surface area contributed by atoms with E-state index in [2.05, 4.69) is 20.4 Å². The molecule has 0 bridgehead atoms. The minimum absolute atomic E-state index is 0.0253. The molecule has 0 spiro atoms. The third kappa shape index (κ3) is 2.62. The van der Waals surface area contributed by atoms with Crippen LogP contribution in [0.3, 0.4) is 0 Å². The normalized spacial score (nSPS) is 49.3. The smallest absolute Gasteiger partial charge is 0.190 e. The van der Waals surface area contributed by atoms with Gasteiger partial charge in [0, 0.05) is 6.61 Å². The fourth-order valence-electron chi connectivity index (χ4n) is 6.64. The molecule has 0 aromatic rings. The van der Waals surface area contributed by atoms with Gasteiger partial charge in [-0.15, -0.1) is 0 Å². The van der Waals surface area contributed by atoms with Crippen LogP contribution >= 0.6 is 0 Å². The van der Waals surface area contributed by atoms with Gasteiger partial charge in [-0.2, -0.15) is 0 Å². The SMILES string of the molecule is C=C1CCC2[C@](C)(CO)CCC[C@]2(C)[C@H]1C[C@]12O[C@H]1[C@H](O)C(CO)=CC2=O. The van der Waals surface area contributed by atoms with Gasteiger partial charge in [0.15, 0.2) is 11.4 Å². The summed E-state index contributed by atoms with van der Waals surface area (Å²) < 4.78 is 5.82. The van der Waals surface area contributed by atoms with Gasteiger partial charge in [-0.1, -0.05) is 32.4 Å². The Balaban J connectivity index is 1.65. The second-order valence-corrected chi connectivity index (χ2v) is 9.79. The highest BCUT2D eigenvalue weighted by atomic mass is 16.6. The summed E-state index contributed by atoms with van der Waals surface area (Å²) in [5, 5.41) is 29.9. The molecule has 1 saturated heterocycles. The van der Waals surface area contributed by atoms with E-state index in [0.29, 0.717) is 17.9 Å². The maximum Gasteiger partial charge on any atom is 0.190 e. The lowest BCUT2D eigenvalue weighted by Crippen LogP contribution is -2.53. The van der Waals surface area contributed by atoms with Crippen molar-refractivity contribution in [2.24, 2.45) is 22.7 Å². The van der Waals surface area contributed by atoms with Gasteiger partial charge in [0.05, 0.1) is 6.61 Å². The van der Waals surface area contributed by atoms with E-state index in [1.807, 2.05) is 0 Å². The Hall–Kier alpha value is -1.01. The first kappa shape index (κ1) is 19.3. The Morgan fingerprint density at radius 1 is 1.30 bits per heavy atom. The zero-order valence-electron chi connectivity index (χ0n) is 16.4. The molecule has 0 radical (unpaired) electrons. The Bertz CT molecular complexity index is 699. The molecule has 4 aliphatic rings. The average Bonchev–Trinajstić information content (AvgIpc) is 3.38. The van der Waals surface area contributed by atoms with Crippen molar-refractivity contribution in [2.45, 2.75) is 70.2 Å². The summed E-state index contributed by atoms with van der Waals surface area (Å²) in [4.78, 5) is 12.8. The third-order valence-electron chi connectivity index (χ3n) is 8.33. The van der Waals surface area contributed by atoms with Crippen molar-refractivity contribution in [2.75, 3.05) is 13.2 Å². The molecule has 3 N–H and O–H groups in total. The lowest BCUT2D eigenvalue weighted by Gasteiger charge is -2.58. The molecule has 27 heavy (non-hydrogen) atoms. The van der Waals surface area contributed by atoms with Crippen LogP contribution in [0.25, 0.3) is 0 Å². The molecule has 0 aromatic heterocycles. The van der Waals surface area contributed by atoms with E-state index in [9.17, 15) is 20.1 Å². The van der Waals surface area contributed by atoms with Crippen LogP contribution in [0.15, 0.2) is 23.8 Å².